The zero-order valence-corrected chi connectivity index (χ0v) is 18.5. The van der Waals surface area contributed by atoms with E-state index in [1.807, 2.05) is 0 Å². The number of carbonyl (C=O) groups is 2. The van der Waals surface area contributed by atoms with Crippen LogP contribution in [0.1, 0.15) is 17.3 Å². The van der Waals surface area contributed by atoms with Crippen LogP contribution in [-0.4, -0.2) is 58.0 Å². The second kappa shape index (κ2) is 9.65. The first-order chi connectivity index (χ1) is 14.7. The first kappa shape index (κ1) is 23.0. The third kappa shape index (κ3) is 5.34. The Morgan fingerprint density at radius 1 is 1.10 bits per heavy atom. The average Bonchev–Trinajstić information content (AvgIpc) is 2.74. The van der Waals surface area contributed by atoms with Crippen LogP contribution in [0.3, 0.4) is 0 Å². The van der Waals surface area contributed by atoms with Crippen LogP contribution < -0.4 is 15.4 Å². The molecule has 0 bridgehead atoms. The monoisotopic (exact) mass is 467 g/mol. The number of anilines is 2. The molecule has 0 radical (unpaired) electrons. The van der Waals surface area contributed by atoms with E-state index in [0.29, 0.717) is 30.3 Å². The number of hydrogen-bond acceptors (Lipinski definition) is 6. The van der Waals surface area contributed by atoms with Crippen LogP contribution in [0.15, 0.2) is 41.3 Å². The van der Waals surface area contributed by atoms with Gasteiger partial charge in [0.15, 0.2) is 0 Å². The van der Waals surface area contributed by atoms with E-state index in [4.69, 9.17) is 21.1 Å². The molecule has 11 heteroatoms. The highest BCUT2D eigenvalue weighted by Gasteiger charge is 2.29. The van der Waals surface area contributed by atoms with E-state index in [2.05, 4.69) is 10.6 Å². The van der Waals surface area contributed by atoms with Gasteiger partial charge < -0.3 is 20.1 Å². The number of amides is 2. The highest BCUT2D eigenvalue weighted by Crippen LogP contribution is 2.30. The summed E-state index contributed by atoms with van der Waals surface area (Å²) in [6, 6.07) is 8.81. The number of methoxy groups -OCH3 is 1. The van der Waals surface area contributed by atoms with Gasteiger partial charge in [0.2, 0.25) is 15.9 Å². The largest absolute Gasteiger partial charge is 0.495 e. The lowest BCUT2D eigenvalue weighted by Crippen LogP contribution is -2.40. The Morgan fingerprint density at radius 2 is 1.81 bits per heavy atom. The predicted molar refractivity (Wildman–Crippen MR) is 116 cm³/mol. The Labute approximate surface area is 185 Å². The predicted octanol–water partition coefficient (Wildman–Crippen LogP) is 2.58. The lowest BCUT2D eigenvalue weighted by Gasteiger charge is -2.26. The van der Waals surface area contributed by atoms with Crippen molar-refractivity contribution in [2.45, 2.75) is 11.8 Å². The molecule has 1 heterocycles. The minimum atomic E-state index is -3.89. The van der Waals surface area contributed by atoms with Crippen molar-refractivity contribution in [3.05, 3.63) is 47.0 Å². The third-order valence-corrected chi connectivity index (χ3v) is 6.93. The zero-order valence-electron chi connectivity index (χ0n) is 17.0. The van der Waals surface area contributed by atoms with Crippen molar-refractivity contribution >= 4 is 44.8 Å². The molecule has 1 aliphatic rings. The summed E-state index contributed by atoms with van der Waals surface area (Å²) in [6.45, 7) is 2.38. The molecule has 0 aliphatic carbocycles. The van der Waals surface area contributed by atoms with Gasteiger partial charge in [0.1, 0.15) is 10.6 Å². The maximum absolute atomic E-state index is 13.0. The highest BCUT2D eigenvalue weighted by atomic mass is 35.5. The van der Waals surface area contributed by atoms with Crippen molar-refractivity contribution in [2.24, 2.45) is 0 Å². The number of benzene rings is 2. The number of morpholine rings is 1. The third-order valence-electron chi connectivity index (χ3n) is 4.55. The molecule has 3 rings (SSSR count). The molecule has 0 aromatic heterocycles. The van der Waals surface area contributed by atoms with Crippen LogP contribution >= 0.6 is 11.6 Å². The molecule has 31 heavy (non-hydrogen) atoms. The quantitative estimate of drug-likeness (QED) is 0.675. The Morgan fingerprint density at radius 3 is 2.45 bits per heavy atom. The molecule has 166 valence electrons. The van der Waals surface area contributed by atoms with Crippen molar-refractivity contribution in [1.82, 2.24) is 4.31 Å². The van der Waals surface area contributed by atoms with Gasteiger partial charge in [-0.1, -0.05) is 11.6 Å². The fraction of sp³-hybridized carbons (Fsp3) is 0.300. The van der Waals surface area contributed by atoms with Gasteiger partial charge in [0, 0.05) is 31.3 Å². The van der Waals surface area contributed by atoms with Gasteiger partial charge in [-0.25, -0.2) is 8.42 Å². The van der Waals surface area contributed by atoms with Gasteiger partial charge >= 0.3 is 0 Å². The Hall–Kier alpha value is -2.66. The normalized spacial score (nSPS) is 14.7. The Bertz CT molecular complexity index is 1100. The van der Waals surface area contributed by atoms with E-state index in [1.165, 1.54) is 36.5 Å². The highest BCUT2D eigenvalue weighted by molar-refractivity contribution is 7.89. The Balaban J connectivity index is 1.89. The Kier molecular flexibility index (Phi) is 7.16. The van der Waals surface area contributed by atoms with E-state index >= 15 is 0 Å². The summed E-state index contributed by atoms with van der Waals surface area (Å²) in [5, 5.41) is 5.33. The van der Waals surface area contributed by atoms with Gasteiger partial charge in [0.25, 0.3) is 5.91 Å². The number of ether oxygens (including phenoxy) is 2. The first-order valence-electron chi connectivity index (χ1n) is 9.37. The van der Waals surface area contributed by atoms with Crippen molar-refractivity contribution in [1.29, 1.82) is 0 Å². The van der Waals surface area contributed by atoms with Crippen LogP contribution in [0.2, 0.25) is 5.02 Å². The first-order valence-corrected chi connectivity index (χ1v) is 11.2. The summed E-state index contributed by atoms with van der Waals surface area (Å²) in [4.78, 5) is 24.0. The molecular formula is C20H22ClN3O6S. The molecule has 2 amide bonds. The SMILES string of the molecule is COc1ccc(NC(C)=O)cc1NC(=O)c1ccc(Cl)c(S(=O)(=O)N2CCOCC2)c1. The van der Waals surface area contributed by atoms with Crippen LogP contribution in [0.5, 0.6) is 5.75 Å². The van der Waals surface area contributed by atoms with E-state index in [-0.39, 0.29) is 34.5 Å². The minimum absolute atomic E-state index is 0.0216. The summed E-state index contributed by atoms with van der Waals surface area (Å²) in [7, 11) is -2.44. The minimum Gasteiger partial charge on any atom is -0.495 e. The number of sulfonamides is 1. The number of carbonyl (C=O) groups excluding carboxylic acids is 2. The molecule has 1 saturated heterocycles. The second-order valence-electron chi connectivity index (χ2n) is 6.71. The fourth-order valence-electron chi connectivity index (χ4n) is 3.05. The van der Waals surface area contributed by atoms with Crippen LogP contribution in [-0.2, 0) is 19.6 Å². The summed E-state index contributed by atoms with van der Waals surface area (Å²) in [6.07, 6.45) is 0. The molecule has 0 saturated carbocycles. The van der Waals surface area contributed by atoms with E-state index in [9.17, 15) is 18.0 Å². The lowest BCUT2D eigenvalue weighted by molar-refractivity contribution is -0.114. The van der Waals surface area contributed by atoms with Crippen molar-refractivity contribution in [2.75, 3.05) is 44.0 Å². The van der Waals surface area contributed by atoms with E-state index in [0.717, 1.165) is 0 Å². The van der Waals surface area contributed by atoms with Crippen LogP contribution in [0, 0.1) is 0 Å². The average molecular weight is 468 g/mol. The van der Waals surface area contributed by atoms with Gasteiger partial charge in [0.05, 0.1) is 31.0 Å². The molecule has 2 aromatic rings. The lowest BCUT2D eigenvalue weighted by atomic mass is 10.2. The maximum Gasteiger partial charge on any atom is 0.255 e. The van der Waals surface area contributed by atoms with Crippen molar-refractivity contribution in [3.63, 3.8) is 0 Å². The van der Waals surface area contributed by atoms with Gasteiger partial charge in [-0.05, 0) is 36.4 Å². The van der Waals surface area contributed by atoms with Gasteiger partial charge in [-0.2, -0.15) is 4.31 Å². The van der Waals surface area contributed by atoms with E-state index in [1.54, 1.807) is 18.2 Å². The molecule has 0 atom stereocenters. The van der Waals surface area contributed by atoms with Crippen LogP contribution in [0.4, 0.5) is 11.4 Å². The second-order valence-corrected chi connectivity index (χ2v) is 9.03. The summed E-state index contributed by atoms with van der Waals surface area (Å²) in [5.41, 5.74) is 0.879. The molecular weight excluding hydrogens is 446 g/mol. The summed E-state index contributed by atoms with van der Waals surface area (Å²) < 4.78 is 37.7. The number of halogens is 1. The maximum atomic E-state index is 13.0. The fourth-order valence-corrected chi connectivity index (χ4v) is 4.96. The molecule has 9 nitrogen and oxygen atoms in total. The molecule has 0 unspecified atom stereocenters. The molecule has 2 aromatic carbocycles. The van der Waals surface area contributed by atoms with Crippen molar-refractivity contribution in [3.8, 4) is 5.75 Å². The topological polar surface area (TPSA) is 114 Å². The summed E-state index contributed by atoms with van der Waals surface area (Å²) >= 11 is 6.15. The molecule has 0 spiro atoms. The molecule has 1 fully saturated rings. The number of rotatable bonds is 6. The standard InChI is InChI=1S/C20H22ClN3O6S/c1-13(25)22-15-4-6-18(29-2)17(12-15)23-20(26)14-3-5-16(21)19(11-14)31(27,28)24-7-9-30-10-8-24/h3-6,11-12H,7-10H2,1-2H3,(H,22,25)(H,23,26). The number of nitrogens with zero attached hydrogens (tertiary/aromatic N) is 1. The molecule has 2 N–H and O–H groups in total. The van der Waals surface area contributed by atoms with Gasteiger partial charge in [-0.3, -0.25) is 9.59 Å². The molecule has 1 aliphatic heterocycles. The number of nitrogens with one attached hydrogen (secondary N) is 2. The van der Waals surface area contributed by atoms with E-state index < -0.39 is 15.9 Å². The van der Waals surface area contributed by atoms with Crippen LogP contribution in [0.25, 0.3) is 0 Å². The smallest absolute Gasteiger partial charge is 0.255 e. The number of hydrogen-bond donors (Lipinski definition) is 2. The summed E-state index contributed by atoms with van der Waals surface area (Å²) in [5.74, 6) is -0.455. The zero-order chi connectivity index (χ0) is 22.6. The van der Waals surface area contributed by atoms with Gasteiger partial charge in [-0.15, -0.1) is 0 Å². The van der Waals surface area contributed by atoms with Crippen molar-refractivity contribution < 1.29 is 27.5 Å².